The summed E-state index contributed by atoms with van der Waals surface area (Å²) in [4.78, 5) is 20.5. The summed E-state index contributed by atoms with van der Waals surface area (Å²) in [5, 5.41) is 9.89. The van der Waals surface area contributed by atoms with Gasteiger partial charge in [0, 0.05) is 0 Å². The molecule has 0 aliphatic rings. The number of rotatable bonds is 3. The van der Waals surface area contributed by atoms with E-state index in [9.17, 15) is 9.90 Å². The van der Waals surface area contributed by atoms with E-state index in [1.54, 1.807) is 12.1 Å². The highest BCUT2D eigenvalue weighted by Gasteiger charge is 2.12. The van der Waals surface area contributed by atoms with Gasteiger partial charge >= 0.3 is 0 Å². The van der Waals surface area contributed by atoms with Gasteiger partial charge in [-0.05, 0) is 19.7 Å². The fourth-order valence-electron chi connectivity index (χ4n) is 1.75. The molecular weight excluding hydrogens is 230 g/mol. The number of H-pyrrole nitrogens is 1. The summed E-state index contributed by atoms with van der Waals surface area (Å²) in [6, 6.07) is 8.99. The van der Waals surface area contributed by atoms with Gasteiger partial charge in [-0.1, -0.05) is 30.3 Å². The molecule has 0 atom stereocenters. The van der Waals surface area contributed by atoms with E-state index >= 15 is 0 Å². The standard InChI is InChI=1S/C13H15N3O2/c1-16(2)8-10-14-12(17)11(13(18)15-10)9-6-4-3-5-7-9/h3-7H,8H2,1-2H3,(H2,14,15,17,18). The molecule has 0 saturated heterocycles. The van der Waals surface area contributed by atoms with Crippen LogP contribution in [-0.2, 0) is 6.54 Å². The number of aromatic nitrogens is 2. The van der Waals surface area contributed by atoms with Gasteiger partial charge in [-0.3, -0.25) is 4.79 Å². The van der Waals surface area contributed by atoms with Crippen molar-refractivity contribution in [2.24, 2.45) is 0 Å². The molecule has 0 fully saturated rings. The third kappa shape index (κ3) is 2.57. The second-order valence-electron chi connectivity index (χ2n) is 4.32. The van der Waals surface area contributed by atoms with Gasteiger partial charge in [0.2, 0.25) is 5.88 Å². The van der Waals surface area contributed by atoms with Gasteiger partial charge < -0.3 is 15.0 Å². The first-order chi connectivity index (χ1) is 8.58. The molecule has 0 unspecified atom stereocenters. The van der Waals surface area contributed by atoms with Crippen LogP contribution in [0.3, 0.4) is 0 Å². The van der Waals surface area contributed by atoms with Crippen molar-refractivity contribution in [2.45, 2.75) is 6.54 Å². The lowest BCUT2D eigenvalue weighted by Crippen LogP contribution is -2.19. The van der Waals surface area contributed by atoms with Gasteiger partial charge in [0.1, 0.15) is 11.4 Å². The van der Waals surface area contributed by atoms with Gasteiger partial charge in [-0.2, -0.15) is 4.98 Å². The van der Waals surface area contributed by atoms with Crippen molar-refractivity contribution >= 4 is 0 Å². The monoisotopic (exact) mass is 245 g/mol. The largest absolute Gasteiger partial charge is 0.493 e. The molecule has 0 spiro atoms. The van der Waals surface area contributed by atoms with E-state index in [2.05, 4.69) is 9.97 Å². The zero-order valence-corrected chi connectivity index (χ0v) is 10.3. The number of aromatic amines is 1. The van der Waals surface area contributed by atoms with E-state index < -0.39 is 0 Å². The Balaban J connectivity index is 2.49. The molecule has 0 aliphatic carbocycles. The molecular formula is C13H15N3O2. The van der Waals surface area contributed by atoms with Crippen molar-refractivity contribution in [1.82, 2.24) is 14.9 Å². The second-order valence-corrected chi connectivity index (χ2v) is 4.32. The van der Waals surface area contributed by atoms with Crippen LogP contribution in [0.1, 0.15) is 5.82 Å². The van der Waals surface area contributed by atoms with E-state index in [0.717, 1.165) is 0 Å². The predicted octanol–water partition coefficient (Wildman–Crippen LogP) is 1.20. The molecule has 0 amide bonds. The molecule has 5 nitrogen and oxygen atoms in total. The minimum absolute atomic E-state index is 0.207. The Morgan fingerprint density at radius 1 is 1.28 bits per heavy atom. The second kappa shape index (κ2) is 5.01. The van der Waals surface area contributed by atoms with Crippen LogP contribution in [0.2, 0.25) is 0 Å². The van der Waals surface area contributed by atoms with Gasteiger partial charge in [0.05, 0.1) is 6.54 Å². The van der Waals surface area contributed by atoms with Crippen LogP contribution in [0, 0.1) is 0 Å². The molecule has 1 aromatic heterocycles. The summed E-state index contributed by atoms with van der Waals surface area (Å²) in [5.41, 5.74) is 0.531. The lowest BCUT2D eigenvalue weighted by atomic mass is 10.1. The Labute approximate surface area is 105 Å². The van der Waals surface area contributed by atoms with Crippen molar-refractivity contribution in [3.8, 4) is 17.0 Å². The predicted molar refractivity (Wildman–Crippen MR) is 69.3 cm³/mol. The molecule has 2 N–H and O–H groups in total. The molecule has 0 bridgehead atoms. The topological polar surface area (TPSA) is 69.2 Å². The molecule has 0 aliphatic heterocycles. The lowest BCUT2D eigenvalue weighted by molar-refractivity contribution is 0.381. The zero-order valence-electron chi connectivity index (χ0n) is 10.3. The summed E-state index contributed by atoms with van der Waals surface area (Å²) in [7, 11) is 3.73. The Morgan fingerprint density at radius 2 is 1.94 bits per heavy atom. The molecule has 2 rings (SSSR count). The van der Waals surface area contributed by atoms with E-state index in [1.165, 1.54) is 0 Å². The summed E-state index contributed by atoms with van der Waals surface area (Å²) < 4.78 is 0. The Kier molecular flexibility index (Phi) is 3.43. The first kappa shape index (κ1) is 12.3. The summed E-state index contributed by atoms with van der Waals surface area (Å²) >= 11 is 0. The number of hydrogen-bond donors (Lipinski definition) is 2. The van der Waals surface area contributed by atoms with Crippen LogP contribution in [0.4, 0.5) is 0 Å². The maximum atomic E-state index is 12.0. The van der Waals surface area contributed by atoms with Crippen LogP contribution in [0.25, 0.3) is 11.1 Å². The maximum Gasteiger partial charge on any atom is 0.262 e. The van der Waals surface area contributed by atoms with Crippen LogP contribution >= 0.6 is 0 Å². The van der Waals surface area contributed by atoms with E-state index in [1.807, 2.05) is 37.2 Å². The van der Waals surface area contributed by atoms with E-state index in [-0.39, 0.29) is 17.0 Å². The number of nitrogens with zero attached hydrogens (tertiary/aromatic N) is 2. The van der Waals surface area contributed by atoms with Crippen molar-refractivity contribution < 1.29 is 5.11 Å². The van der Waals surface area contributed by atoms with Crippen LogP contribution in [0.15, 0.2) is 35.1 Å². The minimum atomic E-state index is -0.328. The molecule has 2 aromatic rings. The highest BCUT2D eigenvalue weighted by atomic mass is 16.3. The third-order valence-electron chi connectivity index (χ3n) is 2.48. The zero-order chi connectivity index (χ0) is 13.1. The van der Waals surface area contributed by atoms with E-state index in [4.69, 9.17) is 0 Å². The fourth-order valence-corrected chi connectivity index (χ4v) is 1.75. The molecule has 94 valence electrons. The molecule has 0 saturated carbocycles. The van der Waals surface area contributed by atoms with Crippen molar-refractivity contribution in [1.29, 1.82) is 0 Å². The van der Waals surface area contributed by atoms with Crippen molar-refractivity contribution in [3.05, 3.63) is 46.5 Å². The minimum Gasteiger partial charge on any atom is -0.493 e. The quantitative estimate of drug-likeness (QED) is 0.852. The number of hydrogen-bond acceptors (Lipinski definition) is 4. The van der Waals surface area contributed by atoms with Gasteiger partial charge in [-0.25, -0.2) is 0 Å². The third-order valence-corrected chi connectivity index (χ3v) is 2.48. The Hall–Kier alpha value is -2.14. The van der Waals surface area contributed by atoms with E-state index in [0.29, 0.717) is 17.9 Å². The molecule has 5 heteroatoms. The van der Waals surface area contributed by atoms with Crippen molar-refractivity contribution in [2.75, 3.05) is 14.1 Å². The SMILES string of the molecule is CN(C)Cc1nc(O)c(-c2ccccc2)c(=O)[nH]1. The Morgan fingerprint density at radius 3 is 2.50 bits per heavy atom. The summed E-state index contributed by atoms with van der Waals surface area (Å²) in [5.74, 6) is 0.212. The Bertz CT molecular complexity index is 591. The number of benzene rings is 1. The highest BCUT2D eigenvalue weighted by Crippen LogP contribution is 2.22. The molecule has 1 aromatic carbocycles. The number of nitrogens with one attached hydrogen (secondary N) is 1. The normalized spacial score (nSPS) is 10.8. The molecule has 0 radical (unpaired) electrons. The average molecular weight is 245 g/mol. The summed E-state index contributed by atoms with van der Waals surface area (Å²) in [6.45, 7) is 0.470. The van der Waals surface area contributed by atoms with Crippen LogP contribution in [-0.4, -0.2) is 34.1 Å². The van der Waals surface area contributed by atoms with Gasteiger partial charge in [-0.15, -0.1) is 0 Å². The van der Waals surface area contributed by atoms with Crippen LogP contribution in [0.5, 0.6) is 5.88 Å². The maximum absolute atomic E-state index is 12.0. The first-order valence-corrected chi connectivity index (χ1v) is 5.60. The average Bonchev–Trinajstić information content (AvgIpc) is 2.28. The van der Waals surface area contributed by atoms with Gasteiger partial charge in [0.15, 0.2) is 0 Å². The smallest absolute Gasteiger partial charge is 0.262 e. The van der Waals surface area contributed by atoms with Gasteiger partial charge in [0.25, 0.3) is 5.56 Å². The lowest BCUT2D eigenvalue weighted by Gasteiger charge is -2.10. The molecule has 18 heavy (non-hydrogen) atoms. The van der Waals surface area contributed by atoms with Crippen LogP contribution < -0.4 is 5.56 Å². The summed E-state index contributed by atoms with van der Waals surface area (Å²) in [6.07, 6.45) is 0. The first-order valence-electron chi connectivity index (χ1n) is 5.60. The fraction of sp³-hybridized carbons (Fsp3) is 0.231. The highest BCUT2D eigenvalue weighted by molar-refractivity contribution is 5.66. The van der Waals surface area contributed by atoms with Crippen molar-refractivity contribution in [3.63, 3.8) is 0 Å². The number of aromatic hydroxyl groups is 1. The molecule has 1 heterocycles.